The second-order valence-electron chi connectivity index (χ2n) is 5.21. The van der Waals surface area contributed by atoms with Crippen molar-refractivity contribution in [3.8, 4) is 0 Å². The topological polar surface area (TPSA) is 12.5 Å². The van der Waals surface area contributed by atoms with Gasteiger partial charge in [-0.25, -0.2) is 0 Å². The standard InChI is InChI=1S/C13H29NO/c1-7-14(8-2)11-9-10-12(3)15-13(4,5)6/h12H,7-11H2,1-6H3. The lowest BCUT2D eigenvalue weighted by atomic mass is 10.1. The van der Waals surface area contributed by atoms with Crippen LogP contribution in [0.2, 0.25) is 0 Å². The first-order chi connectivity index (χ1) is 6.89. The highest BCUT2D eigenvalue weighted by Gasteiger charge is 2.14. The number of hydrogen-bond acceptors (Lipinski definition) is 2. The van der Waals surface area contributed by atoms with Crippen molar-refractivity contribution in [3.05, 3.63) is 0 Å². The van der Waals surface area contributed by atoms with Gasteiger partial charge in [0.1, 0.15) is 0 Å². The van der Waals surface area contributed by atoms with Crippen LogP contribution in [0, 0.1) is 0 Å². The second-order valence-corrected chi connectivity index (χ2v) is 5.21. The second kappa shape index (κ2) is 7.24. The normalized spacial score (nSPS) is 14.6. The highest BCUT2D eigenvalue weighted by atomic mass is 16.5. The average Bonchev–Trinajstić information content (AvgIpc) is 2.09. The van der Waals surface area contributed by atoms with Crippen LogP contribution in [0.25, 0.3) is 0 Å². The summed E-state index contributed by atoms with van der Waals surface area (Å²) < 4.78 is 5.87. The van der Waals surface area contributed by atoms with E-state index in [4.69, 9.17) is 4.74 Å². The largest absolute Gasteiger partial charge is 0.373 e. The van der Waals surface area contributed by atoms with Crippen LogP contribution >= 0.6 is 0 Å². The first-order valence-electron chi connectivity index (χ1n) is 6.29. The molecule has 0 aliphatic heterocycles. The molecule has 1 unspecified atom stereocenters. The fraction of sp³-hybridized carbons (Fsp3) is 1.00. The van der Waals surface area contributed by atoms with Crippen molar-refractivity contribution in [2.45, 2.75) is 66.1 Å². The van der Waals surface area contributed by atoms with Crippen molar-refractivity contribution in [1.29, 1.82) is 0 Å². The summed E-state index contributed by atoms with van der Waals surface area (Å²) in [4.78, 5) is 2.46. The summed E-state index contributed by atoms with van der Waals surface area (Å²) in [6, 6.07) is 0. The number of nitrogens with zero attached hydrogens (tertiary/aromatic N) is 1. The van der Waals surface area contributed by atoms with E-state index in [0.717, 1.165) is 19.5 Å². The zero-order chi connectivity index (χ0) is 11.9. The van der Waals surface area contributed by atoms with Gasteiger partial charge in [-0.2, -0.15) is 0 Å². The molecule has 0 spiro atoms. The molecule has 2 nitrogen and oxygen atoms in total. The Kier molecular flexibility index (Phi) is 7.20. The molecular weight excluding hydrogens is 186 g/mol. The van der Waals surface area contributed by atoms with E-state index >= 15 is 0 Å². The molecule has 0 rings (SSSR count). The molecule has 2 heteroatoms. The molecule has 0 radical (unpaired) electrons. The van der Waals surface area contributed by atoms with E-state index in [0.29, 0.717) is 6.10 Å². The van der Waals surface area contributed by atoms with Crippen LogP contribution in [-0.4, -0.2) is 36.2 Å². The van der Waals surface area contributed by atoms with E-state index in [1.54, 1.807) is 0 Å². The Bertz CT molecular complexity index is 147. The molecule has 1 atom stereocenters. The molecule has 0 amide bonds. The van der Waals surface area contributed by atoms with Crippen LogP contribution in [0.5, 0.6) is 0 Å². The zero-order valence-corrected chi connectivity index (χ0v) is 11.5. The molecule has 0 N–H and O–H groups in total. The summed E-state index contributed by atoms with van der Waals surface area (Å²) in [7, 11) is 0. The van der Waals surface area contributed by atoms with Crippen LogP contribution < -0.4 is 0 Å². The van der Waals surface area contributed by atoms with Crippen LogP contribution in [0.4, 0.5) is 0 Å². The van der Waals surface area contributed by atoms with Gasteiger partial charge in [-0.05, 0) is 60.2 Å². The Morgan fingerprint density at radius 2 is 1.67 bits per heavy atom. The Morgan fingerprint density at radius 3 is 2.07 bits per heavy atom. The third-order valence-corrected chi connectivity index (χ3v) is 2.53. The quantitative estimate of drug-likeness (QED) is 0.646. The molecule has 92 valence electrons. The Labute approximate surface area is 96.0 Å². The van der Waals surface area contributed by atoms with Crippen molar-refractivity contribution in [3.63, 3.8) is 0 Å². The van der Waals surface area contributed by atoms with Crippen molar-refractivity contribution in [2.24, 2.45) is 0 Å². The zero-order valence-electron chi connectivity index (χ0n) is 11.5. The van der Waals surface area contributed by atoms with Gasteiger partial charge in [-0.1, -0.05) is 13.8 Å². The first-order valence-corrected chi connectivity index (χ1v) is 6.29. The van der Waals surface area contributed by atoms with E-state index in [1.807, 2.05) is 0 Å². The molecule has 0 aromatic rings. The molecule has 0 saturated heterocycles. The van der Waals surface area contributed by atoms with Gasteiger partial charge < -0.3 is 9.64 Å². The average molecular weight is 215 g/mol. The molecule has 0 heterocycles. The fourth-order valence-electron chi connectivity index (χ4n) is 1.80. The smallest absolute Gasteiger partial charge is 0.0602 e. The van der Waals surface area contributed by atoms with Crippen molar-refractivity contribution >= 4 is 0 Å². The van der Waals surface area contributed by atoms with E-state index < -0.39 is 0 Å². The van der Waals surface area contributed by atoms with Gasteiger partial charge in [-0.3, -0.25) is 0 Å². The number of rotatable bonds is 7. The Morgan fingerprint density at radius 1 is 1.13 bits per heavy atom. The lowest BCUT2D eigenvalue weighted by Crippen LogP contribution is -2.28. The third kappa shape index (κ3) is 8.88. The van der Waals surface area contributed by atoms with Crippen molar-refractivity contribution in [1.82, 2.24) is 4.90 Å². The molecule has 0 fully saturated rings. The van der Waals surface area contributed by atoms with Crippen molar-refractivity contribution < 1.29 is 4.74 Å². The van der Waals surface area contributed by atoms with Gasteiger partial charge in [0, 0.05) is 0 Å². The van der Waals surface area contributed by atoms with Crippen LogP contribution in [0.1, 0.15) is 54.4 Å². The Hall–Kier alpha value is -0.0800. The van der Waals surface area contributed by atoms with Gasteiger partial charge in [0.05, 0.1) is 11.7 Å². The van der Waals surface area contributed by atoms with E-state index in [-0.39, 0.29) is 5.60 Å². The Balaban J connectivity index is 3.58. The van der Waals surface area contributed by atoms with Gasteiger partial charge >= 0.3 is 0 Å². The van der Waals surface area contributed by atoms with Crippen LogP contribution in [0.3, 0.4) is 0 Å². The maximum absolute atomic E-state index is 5.87. The maximum atomic E-state index is 5.87. The molecule has 0 aromatic heterocycles. The predicted octanol–water partition coefficient (Wildman–Crippen LogP) is 3.31. The predicted molar refractivity (Wildman–Crippen MR) is 67.3 cm³/mol. The summed E-state index contributed by atoms with van der Waals surface area (Å²) in [6.07, 6.45) is 2.77. The van der Waals surface area contributed by atoms with Crippen LogP contribution in [0.15, 0.2) is 0 Å². The number of ether oxygens (including phenoxy) is 1. The minimum absolute atomic E-state index is 0.00534. The minimum Gasteiger partial charge on any atom is -0.373 e. The summed E-state index contributed by atoms with van der Waals surface area (Å²) in [5, 5.41) is 0. The lowest BCUT2D eigenvalue weighted by molar-refractivity contribution is -0.0553. The molecule has 0 aliphatic carbocycles. The summed E-state index contributed by atoms with van der Waals surface area (Å²) in [5.74, 6) is 0. The van der Waals surface area contributed by atoms with Gasteiger partial charge in [0.25, 0.3) is 0 Å². The highest BCUT2D eigenvalue weighted by Crippen LogP contribution is 2.13. The number of hydrogen-bond donors (Lipinski definition) is 0. The van der Waals surface area contributed by atoms with Gasteiger partial charge in [0.15, 0.2) is 0 Å². The summed E-state index contributed by atoms with van der Waals surface area (Å²) in [6.45, 7) is 16.5. The molecule has 0 bridgehead atoms. The third-order valence-electron chi connectivity index (χ3n) is 2.53. The molecule has 0 aliphatic rings. The monoisotopic (exact) mass is 215 g/mol. The lowest BCUT2D eigenvalue weighted by Gasteiger charge is -2.26. The summed E-state index contributed by atoms with van der Waals surface area (Å²) in [5.41, 5.74) is -0.00534. The summed E-state index contributed by atoms with van der Waals surface area (Å²) >= 11 is 0. The van der Waals surface area contributed by atoms with Crippen LogP contribution in [-0.2, 0) is 4.74 Å². The molecule has 15 heavy (non-hydrogen) atoms. The highest BCUT2D eigenvalue weighted by molar-refractivity contribution is 4.64. The van der Waals surface area contributed by atoms with E-state index in [9.17, 15) is 0 Å². The SMILES string of the molecule is CCN(CC)CCCC(C)OC(C)(C)C. The maximum Gasteiger partial charge on any atom is 0.0602 e. The molecule has 0 saturated carbocycles. The molecule has 0 aromatic carbocycles. The minimum atomic E-state index is -0.00534. The van der Waals surface area contributed by atoms with Gasteiger partial charge in [-0.15, -0.1) is 0 Å². The first kappa shape index (κ1) is 14.9. The van der Waals surface area contributed by atoms with E-state index in [1.165, 1.54) is 13.0 Å². The van der Waals surface area contributed by atoms with E-state index in [2.05, 4.69) is 46.4 Å². The van der Waals surface area contributed by atoms with Gasteiger partial charge in [0.2, 0.25) is 0 Å². The molecular formula is C13H29NO. The fourth-order valence-corrected chi connectivity index (χ4v) is 1.80. The van der Waals surface area contributed by atoms with Crippen molar-refractivity contribution in [2.75, 3.05) is 19.6 Å².